The quantitative estimate of drug-likeness (QED) is 0.673. The minimum Gasteiger partial charge on any atom is -0.464 e. The molecule has 0 aromatic carbocycles. The van der Waals surface area contributed by atoms with Crippen LogP contribution in [0.2, 0.25) is 0 Å². The van der Waals surface area contributed by atoms with Crippen LogP contribution in [-0.4, -0.2) is 36.1 Å². The molecule has 2 heterocycles. The SMILES string of the molecule is COC(=O)c1cnc(N2CCCC2)cn1. The molecular formula is C10H13N3O2. The van der Waals surface area contributed by atoms with Crippen LogP contribution in [0.25, 0.3) is 0 Å². The summed E-state index contributed by atoms with van der Waals surface area (Å²) < 4.78 is 4.55. The van der Waals surface area contributed by atoms with Gasteiger partial charge < -0.3 is 9.64 Å². The van der Waals surface area contributed by atoms with E-state index in [1.54, 1.807) is 6.20 Å². The maximum Gasteiger partial charge on any atom is 0.358 e. The third-order valence-corrected chi connectivity index (χ3v) is 2.46. The Hall–Kier alpha value is -1.65. The number of anilines is 1. The number of methoxy groups -OCH3 is 1. The normalized spacial score (nSPS) is 15.4. The van der Waals surface area contributed by atoms with Crippen molar-refractivity contribution in [3.05, 3.63) is 18.1 Å². The fourth-order valence-electron chi connectivity index (χ4n) is 1.64. The topological polar surface area (TPSA) is 55.3 Å². The minimum absolute atomic E-state index is 0.250. The molecule has 1 aliphatic heterocycles. The summed E-state index contributed by atoms with van der Waals surface area (Å²) in [6.07, 6.45) is 5.47. The van der Waals surface area contributed by atoms with Crippen molar-refractivity contribution in [2.24, 2.45) is 0 Å². The van der Waals surface area contributed by atoms with Gasteiger partial charge in [0.05, 0.1) is 19.5 Å². The molecule has 0 N–H and O–H groups in total. The third-order valence-electron chi connectivity index (χ3n) is 2.46. The van der Waals surface area contributed by atoms with Crippen molar-refractivity contribution in [1.29, 1.82) is 0 Å². The molecule has 1 aliphatic rings. The number of hydrogen-bond acceptors (Lipinski definition) is 5. The van der Waals surface area contributed by atoms with Gasteiger partial charge in [-0.05, 0) is 12.8 Å². The average molecular weight is 207 g/mol. The Labute approximate surface area is 88.1 Å². The molecule has 0 aliphatic carbocycles. The molecule has 1 aromatic heterocycles. The van der Waals surface area contributed by atoms with E-state index in [1.165, 1.54) is 26.1 Å². The summed E-state index contributed by atoms with van der Waals surface area (Å²) in [7, 11) is 1.33. The Balaban J connectivity index is 2.12. The first-order valence-corrected chi connectivity index (χ1v) is 4.96. The van der Waals surface area contributed by atoms with Crippen molar-refractivity contribution in [3.8, 4) is 0 Å². The minimum atomic E-state index is -0.449. The van der Waals surface area contributed by atoms with Gasteiger partial charge in [-0.3, -0.25) is 0 Å². The van der Waals surface area contributed by atoms with Crippen LogP contribution in [0.1, 0.15) is 23.3 Å². The van der Waals surface area contributed by atoms with Gasteiger partial charge in [0, 0.05) is 13.1 Å². The van der Waals surface area contributed by atoms with Gasteiger partial charge >= 0.3 is 5.97 Å². The predicted molar refractivity (Wildman–Crippen MR) is 54.8 cm³/mol. The van der Waals surface area contributed by atoms with E-state index < -0.39 is 5.97 Å². The standard InChI is InChI=1S/C10H13N3O2/c1-15-10(14)8-6-12-9(7-11-8)13-4-2-3-5-13/h6-7H,2-5H2,1H3. The second kappa shape index (κ2) is 4.25. The highest BCUT2D eigenvalue weighted by Gasteiger charge is 2.14. The van der Waals surface area contributed by atoms with Crippen molar-refractivity contribution in [3.63, 3.8) is 0 Å². The zero-order valence-electron chi connectivity index (χ0n) is 8.64. The first-order chi connectivity index (χ1) is 7.31. The molecule has 80 valence electrons. The number of carbonyl (C=O) groups excluding carboxylic acids is 1. The molecule has 2 rings (SSSR count). The Morgan fingerprint density at radius 2 is 2.07 bits per heavy atom. The maximum absolute atomic E-state index is 11.1. The molecule has 0 saturated carbocycles. The molecule has 0 amide bonds. The molecule has 0 bridgehead atoms. The fraction of sp³-hybridized carbons (Fsp3) is 0.500. The summed E-state index contributed by atoms with van der Waals surface area (Å²) in [6.45, 7) is 2.04. The largest absolute Gasteiger partial charge is 0.464 e. The van der Waals surface area contributed by atoms with E-state index in [2.05, 4.69) is 19.6 Å². The number of ether oxygens (including phenoxy) is 1. The number of carbonyl (C=O) groups is 1. The van der Waals surface area contributed by atoms with Crippen LogP contribution in [0.15, 0.2) is 12.4 Å². The van der Waals surface area contributed by atoms with Crippen LogP contribution >= 0.6 is 0 Å². The zero-order chi connectivity index (χ0) is 10.7. The van der Waals surface area contributed by atoms with E-state index in [4.69, 9.17) is 0 Å². The monoisotopic (exact) mass is 207 g/mol. The van der Waals surface area contributed by atoms with E-state index >= 15 is 0 Å². The van der Waals surface area contributed by atoms with Crippen LogP contribution in [0.3, 0.4) is 0 Å². The maximum atomic E-state index is 11.1. The number of nitrogens with zero attached hydrogens (tertiary/aromatic N) is 3. The summed E-state index contributed by atoms with van der Waals surface area (Å²) in [6, 6.07) is 0. The number of rotatable bonds is 2. The Bertz CT molecular complexity index is 344. The summed E-state index contributed by atoms with van der Waals surface area (Å²) in [4.78, 5) is 21.5. The van der Waals surface area contributed by atoms with Gasteiger partial charge in [0.1, 0.15) is 5.82 Å². The number of aromatic nitrogens is 2. The van der Waals surface area contributed by atoms with E-state index in [9.17, 15) is 4.79 Å². The summed E-state index contributed by atoms with van der Waals surface area (Å²) >= 11 is 0. The van der Waals surface area contributed by atoms with Crippen molar-refractivity contribution in [2.45, 2.75) is 12.8 Å². The lowest BCUT2D eigenvalue weighted by molar-refractivity contribution is 0.0593. The van der Waals surface area contributed by atoms with E-state index in [-0.39, 0.29) is 5.69 Å². The first-order valence-electron chi connectivity index (χ1n) is 4.96. The Morgan fingerprint density at radius 3 is 2.60 bits per heavy atom. The fourth-order valence-corrected chi connectivity index (χ4v) is 1.64. The lowest BCUT2D eigenvalue weighted by atomic mass is 10.4. The molecule has 5 nitrogen and oxygen atoms in total. The van der Waals surface area contributed by atoms with E-state index in [1.807, 2.05) is 0 Å². The van der Waals surface area contributed by atoms with E-state index in [0.29, 0.717) is 0 Å². The molecule has 0 unspecified atom stereocenters. The highest BCUT2D eigenvalue weighted by molar-refractivity contribution is 5.86. The lowest BCUT2D eigenvalue weighted by Crippen LogP contribution is -2.19. The smallest absolute Gasteiger partial charge is 0.358 e. The van der Waals surface area contributed by atoms with Gasteiger partial charge in [-0.1, -0.05) is 0 Å². The van der Waals surface area contributed by atoms with Gasteiger partial charge in [0.15, 0.2) is 5.69 Å². The van der Waals surface area contributed by atoms with Gasteiger partial charge in [-0.15, -0.1) is 0 Å². The van der Waals surface area contributed by atoms with Crippen molar-refractivity contribution < 1.29 is 9.53 Å². The predicted octanol–water partition coefficient (Wildman–Crippen LogP) is 0.863. The van der Waals surface area contributed by atoms with E-state index in [0.717, 1.165) is 18.9 Å². The Kier molecular flexibility index (Phi) is 2.80. The number of hydrogen-bond donors (Lipinski definition) is 0. The van der Waals surface area contributed by atoms with Gasteiger partial charge in [-0.2, -0.15) is 0 Å². The highest BCUT2D eigenvalue weighted by atomic mass is 16.5. The zero-order valence-corrected chi connectivity index (χ0v) is 8.64. The van der Waals surface area contributed by atoms with Crippen molar-refractivity contribution >= 4 is 11.8 Å². The van der Waals surface area contributed by atoms with Crippen LogP contribution < -0.4 is 4.90 Å². The second-order valence-corrected chi connectivity index (χ2v) is 3.45. The molecule has 1 saturated heterocycles. The molecule has 0 radical (unpaired) electrons. The molecule has 15 heavy (non-hydrogen) atoms. The number of esters is 1. The summed E-state index contributed by atoms with van der Waals surface area (Å²) in [5.74, 6) is 0.385. The van der Waals surface area contributed by atoms with Gasteiger partial charge in [0.25, 0.3) is 0 Å². The van der Waals surface area contributed by atoms with Crippen molar-refractivity contribution in [1.82, 2.24) is 9.97 Å². The molecule has 0 spiro atoms. The lowest BCUT2D eigenvalue weighted by Gasteiger charge is -2.15. The molecule has 0 atom stereocenters. The first kappa shape index (κ1) is 9.89. The van der Waals surface area contributed by atoms with Gasteiger partial charge in [-0.25, -0.2) is 14.8 Å². The van der Waals surface area contributed by atoms with Crippen LogP contribution in [-0.2, 0) is 4.74 Å². The third kappa shape index (κ3) is 2.06. The average Bonchev–Trinajstić information content (AvgIpc) is 2.82. The molecule has 5 heteroatoms. The summed E-state index contributed by atoms with van der Waals surface area (Å²) in [5.41, 5.74) is 0.250. The molecule has 1 fully saturated rings. The van der Waals surface area contributed by atoms with Crippen LogP contribution in [0.5, 0.6) is 0 Å². The molecular weight excluding hydrogens is 194 g/mol. The van der Waals surface area contributed by atoms with Crippen LogP contribution in [0.4, 0.5) is 5.82 Å². The second-order valence-electron chi connectivity index (χ2n) is 3.45. The highest BCUT2D eigenvalue weighted by Crippen LogP contribution is 2.16. The van der Waals surface area contributed by atoms with Crippen molar-refractivity contribution in [2.75, 3.05) is 25.1 Å². The molecule has 1 aromatic rings. The Morgan fingerprint density at radius 1 is 1.33 bits per heavy atom. The van der Waals surface area contributed by atoms with Gasteiger partial charge in [0.2, 0.25) is 0 Å². The van der Waals surface area contributed by atoms with Crippen LogP contribution in [0, 0.1) is 0 Å². The summed E-state index contributed by atoms with van der Waals surface area (Å²) in [5, 5.41) is 0.